The van der Waals surface area contributed by atoms with Gasteiger partial charge in [0.25, 0.3) is 0 Å². The minimum atomic E-state index is -1.26. The molecule has 0 radical (unpaired) electrons. The maximum Gasteiger partial charge on any atom is 0.338 e. The van der Waals surface area contributed by atoms with E-state index in [0.29, 0.717) is 28.9 Å². The van der Waals surface area contributed by atoms with Crippen molar-refractivity contribution in [2.45, 2.75) is 18.9 Å². The van der Waals surface area contributed by atoms with Crippen molar-refractivity contribution in [2.24, 2.45) is 0 Å². The first kappa shape index (κ1) is 17.9. The first-order valence-corrected chi connectivity index (χ1v) is 8.63. The molecule has 1 aromatic heterocycles. The third-order valence-corrected chi connectivity index (χ3v) is 5.04. The predicted molar refractivity (Wildman–Crippen MR) is 97.2 cm³/mol. The van der Waals surface area contributed by atoms with E-state index < -0.39 is 29.5 Å². The smallest absolute Gasteiger partial charge is 0.338 e. The Balaban J connectivity index is 2.09. The number of nitrogens with zero attached hydrogens (tertiary/aromatic N) is 1. The second kappa shape index (κ2) is 6.60. The molecule has 5 nitrogen and oxygen atoms in total. The lowest BCUT2D eigenvalue weighted by molar-refractivity contribution is -0.138. The highest BCUT2D eigenvalue weighted by molar-refractivity contribution is 6.04. The van der Waals surface area contributed by atoms with Crippen LogP contribution in [0.2, 0.25) is 0 Å². The fourth-order valence-corrected chi connectivity index (χ4v) is 3.89. The molecule has 0 bridgehead atoms. The van der Waals surface area contributed by atoms with Crippen molar-refractivity contribution in [1.29, 1.82) is 0 Å². The summed E-state index contributed by atoms with van der Waals surface area (Å²) < 4.78 is 28.5. The fourth-order valence-electron chi connectivity index (χ4n) is 3.89. The van der Waals surface area contributed by atoms with E-state index >= 15 is 0 Å². The Morgan fingerprint density at radius 1 is 0.893 bits per heavy atom. The van der Waals surface area contributed by atoms with Gasteiger partial charge in [-0.05, 0) is 53.9 Å². The molecule has 0 saturated carbocycles. The molecular formula is C21H15F2NO4. The molecule has 4 rings (SSSR count). The Morgan fingerprint density at radius 3 is 1.93 bits per heavy atom. The number of rotatable bonds is 4. The molecule has 28 heavy (non-hydrogen) atoms. The van der Waals surface area contributed by atoms with Crippen molar-refractivity contribution in [3.05, 3.63) is 71.4 Å². The molecular weight excluding hydrogens is 368 g/mol. The second-order valence-electron chi connectivity index (χ2n) is 6.63. The lowest BCUT2D eigenvalue weighted by Gasteiger charge is -2.11. The maximum atomic E-state index is 13.4. The molecule has 0 fully saturated rings. The van der Waals surface area contributed by atoms with Crippen molar-refractivity contribution in [2.75, 3.05) is 0 Å². The number of carboxylic acid groups (broad SMARTS) is 2. The lowest BCUT2D eigenvalue weighted by atomic mass is 9.93. The van der Waals surface area contributed by atoms with Crippen LogP contribution in [0.4, 0.5) is 8.78 Å². The van der Waals surface area contributed by atoms with Gasteiger partial charge in [0, 0.05) is 17.8 Å². The van der Waals surface area contributed by atoms with Crippen LogP contribution in [0.5, 0.6) is 0 Å². The van der Waals surface area contributed by atoms with Gasteiger partial charge in [0.2, 0.25) is 0 Å². The minimum absolute atomic E-state index is 0.115. The van der Waals surface area contributed by atoms with Gasteiger partial charge in [-0.3, -0.25) is 4.79 Å². The van der Waals surface area contributed by atoms with Gasteiger partial charge in [0.1, 0.15) is 11.6 Å². The Hall–Kier alpha value is -3.48. The Kier molecular flexibility index (Phi) is 4.22. The summed E-state index contributed by atoms with van der Waals surface area (Å²) in [5, 5.41) is 19.5. The predicted octanol–water partition coefficient (Wildman–Crippen LogP) is 4.37. The highest BCUT2D eigenvalue weighted by atomic mass is 19.1. The van der Waals surface area contributed by atoms with Crippen LogP contribution in [0.15, 0.2) is 48.5 Å². The zero-order valence-corrected chi connectivity index (χ0v) is 14.5. The number of aromatic carboxylic acids is 1. The van der Waals surface area contributed by atoms with Crippen LogP contribution >= 0.6 is 0 Å². The zero-order valence-electron chi connectivity index (χ0n) is 14.5. The van der Waals surface area contributed by atoms with Gasteiger partial charge in [0.15, 0.2) is 0 Å². The third kappa shape index (κ3) is 2.76. The fraction of sp³-hybridized carbons (Fsp3) is 0.143. The largest absolute Gasteiger partial charge is 0.481 e. The standard InChI is InChI=1S/C21H15F2NO4/c22-13-5-1-11(2-6-13)16-17(21(27)28)19-15(20(25)26)9-10-24(19)18(16)12-3-7-14(23)8-4-12/h1-8,15H,9-10H2,(H,25,26)(H,27,28). The quantitative estimate of drug-likeness (QED) is 0.701. The third-order valence-electron chi connectivity index (χ3n) is 5.04. The van der Waals surface area contributed by atoms with E-state index in [9.17, 15) is 28.6 Å². The molecule has 2 heterocycles. The molecule has 0 spiro atoms. The summed E-state index contributed by atoms with van der Waals surface area (Å²) in [6, 6.07) is 10.9. The number of carbonyl (C=O) groups is 2. The summed E-state index contributed by atoms with van der Waals surface area (Å²) in [6.07, 6.45) is 0.267. The summed E-state index contributed by atoms with van der Waals surface area (Å²) in [7, 11) is 0. The van der Waals surface area contributed by atoms with Crippen molar-refractivity contribution >= 4 is 11.9 Å². The second-order valence-corrected chi connectivity index (χ2v) is 6.63. The molecule has 0 aliphatic carbocycles. The summed E-state index contributed by atoms with van der Waals surface area (Å²) in [6.45, 7) is 0.320. The van der Waals surface area contributed by atoms with E-state index in [1.165, 1.54) is 48.5 Å². The molecule has 142 valence electrons. The normalized spacial score (nSPS) is 15.4. The molecule has 2 N–H and O–H groups in total. The van der Waals surface area contributed by atoms with Crippen LogP contribution in [-0.4, -0.2) is 26.7 Å². The topological polar surface area (TPSA) is 79.5 Å². The van der Waals surface area contributed by atoms with Crippen LogP contribution in [0.3, 0.4) is 0 Å². The minimum Gasteiger partial charge on any atom is -0.481 e. The van der Waals surface area contributed by atoms with E-state index in [1.807, 2.05) is 0 Å². The van der Waals surface area contributed by atoms with Crippen LogP contribution in [0.1, 0.15) is 28.4 Å². The summed E-state index contributed by atoms with van der Waals surface area (Å²) in [4.78, 5) is 23.9. The Bertz CT molecular complexity index is 1090. The molecule has 0 saturated heterocycles. The van der Waals surface area contributed by atoms with Crippen molar-refractivity contribution in [1.82, 2.24) is 4.57 Å². The molecule has 1 atom stereocenters. The summed E-state index contributed by atoms with van der Waals surface area (Å²) in [5.74, 6) is -4.24. The summed E-state index contributed by atoms with van der Waals surface area (Å²) >= 11 is 0. The highest BCUT2D eigenvalue weighted by Gasteiger charge is 2.39. The molecule has 7 heteroatoms. The average molecular weight is 383 g/mol. The van der Waals surface area contributed by atoms with Crippen LogP contribution in [-0.2, 0) is 11.3 Å². The molecule has 2 aromatic carbocycles. The SMILES string of the molecule is O=C(O)c1c(-c2ccc(F)cc2)c(-c2ccc(F)cc2)n2c1C(C(=O)O)CC2. The molecule has 1 unspecified atom stereocenters. The number of fused-ring (bicyclic) bond motifs is 1. The molecule has 3 aromatic rings. The molecule has 1 aliphatic heterocycles. The molecule has 0 amide bonds. The number of carboxylic acids is 2. The van der Waals surface area contributed by atoms with E-state index in [0.717, 1.165) is 0 Å². The van der Waals surface area contributed by atoms with Crippen molar-refractivity contribution in [3.63, 3.8) is 0 Å². The van der Waals surface area contributed by atoms with Gasteiger partial charge in [0.05, 0.1) is 17.2 Å². The van der Waals surface area contributed by atoms with Gasteiger partial charge < -0.3 is 14.8 Å². The van der Waals surface area contributed by atoms with Crippen molar-refractivity contribution in [3.8, 4) is 22.4 Å². The number of aromatic nitrogens is 1. The Morgan fingerprint density at radius 2 is 1.43 bits per heavy atom. The van der Waals surface area contributed by atoms with E-state index in [2.05, 4.69) is 0 Å². The zero-order chi connectivity index (χ0) is 20.0. The highest BCUT2D eigenvalue weighted by Crippen LogP contribution is 2.46. The van der Waals surface area contributed by atoms with Gasteiger partial charge in [-0.1, -0.05) is 12.1 Å². The first-order chi connectivity index (χ1) is 13.4. The lowest BCUT2D eigenvalue weighted by Crippen LogP contribution is -2.12. The number of benzene rings is 2. The van der Waals surface area contributed by atoms with Gasteiger partial charge in [-0.25, -0.2) is 13.6 Å². The van der Waals surface area contributed by atoms with Crippen LogP contribution in [0.25, 0.3) is 22.4 Å². The van der Waals surface area contributed by atoms with Gasteiger partial charge >= 0.3 is 11.9 Å². The van der Waals surface area contributed by atoms with Crippen molar-refractivity contribution < 1.29 is 28.6 Å². The average Bonchev–Trinajstić information content (AvgIpc) is 3.21. The number of hydrogen-bond acceptors (Lipinski definition) is 2. The number of hydrogen-bond donors (Lipinski definition) is 2. The van der Waals surface area contributed by atoms with E-state index in [4.69, 9.17) is 0 Å². The van der Waals surface area contributed by atoms with Gasteiger partial charge in [-0.15, -0.1) is 0 Å². The molecule has 1 aliphatic rings. The number of aliphatic carboxylic acids is 1. The van der Waals surface area contributed by atoms with Gasteiger partial charge in [-0.2, -0.15) is 0 Å². The monoisotopic (exact) mass is 383 g/mol. The van der Waals surface area contributed by atoms with Crippen LogP contribution < -0.4 is 0 Å². The van der Waals surface area contributed by atoms with E-state index in [1.54, 1.807) is 4.57 Å². The first-order valence-electron chi connectivity index (χ1n) is 8.63. The maximum absolute atomic E-state index is 13.4. The van der Waals surface area contributed by atoms with E-state index in [-0.39, 0.29) is 17.7 Å². The number of halogens is 2. The van der Waals surface area contributed by atoms with Crippen LogP contribution in [0, 0.1) is 11.6 Å². The Labute approximate surface area is 158 Å². The summed E-state index contributed by atoms with van der Waals surface area (Å²) in [5.41, 5.74) is 1.89.